The highest BCUT2D eigenvalue weighted by atomic mass is 32.1. The van der Waals surface area contributed by atoms with Crippen LogP contribution >= 0.6 is 11.3 Å². The molecule has 1 heterocycles. The van der Waals surface area contributed by atoms with Gasteiger partial charge in [-0.1, -0.05) is 19.9 Å². The summed E-state index contributed by atoms with van der Waals surface area (Å²) >= 11 is 1.51. The van der Waals surface area contributed by atoms with Gasteiger partial charge in [0.2, 0.25) is 0 Å². The second-order valence-electron chi connectivity index (χ2n) is 4.56. The predicted octanol–water partition coefficient (Wildman–Crippen LogP) is 3.83. The van der Waals surface area contributed by atoms with Crippen LogP contribution in [-0.2, 0) is 0 Å². The van der Waals surface area contributed by atoms with Gasteiger partial charge < -0.3 is 10.5 Å². The number of nitrogens with zero attached hydrogens (tertiary/aromatic N) is 1. The molecule has 0 fully saturated rings. The fourth-order valence-electron chi connectivity index (χ4n) is 1.91. The Balaban J connectivity index is 2.60. The Kier molecular flexibility index (Phi) is 3.57. The van der Waals surface area contributed by atoms with Crippen LogP contribution in [0.2, 0.25) is 0 Å². The zero-order valence-electron chi connectivity index (χ0n) is 11.2. The Bertz CT molecular complexity index is 561. The number of benzene rings is 1. The minimum Gasteiger partial charge on any atom is -0.496 e. The summed E-state index contributed by atoms with van der Waals surface area (Å²) in [4.78, 5) is 4.50. The maximum Gasteiger partial charge on any atom is 0.128 e. The van der Waals surface area contributed by atoms with Crippen molar-refractivity contribution in [2.45, 2.75) is 26.7 Å². The zero-order chi connectivity index (χ0) is 13.3. The van der Waals surface area contributed by atoms with E-state index in [1.54, 1.807) is 7.11 Å². The van der Waals surface area contributed by atoms with Gasteiger partial charge in [0.05, 0.1) is 12.1 Å². The molecule has 0 saturated heterocycles. The van der Waals surface area contributed by atoms with Crippen molar-refractivity contribution in [3.63, 3.8) is 0 Å². The van der Waals surface area contributed by atoms with E-state index in [1.807, 2.05) is 13.0 Å². The first-order valence-corrected chi connectivity index (χ1v) is 6.75. The Morgan fingerprint density at radius 1 is 1.33 bits per heavy atom. The summed E-state index contributed by atoms with van der Waals surface area (Å²) in [5.74, 6) is 1.28. The van der Waals surface area contributed by atoms with Gasteiger partial charge in [0.15, 0.2) is 0 Å². The van der Waals surface area contributed by atoms with Crippen molar-refractivity contribution in [1.29, 1.82) is 0 Å². The van der Waals surface area contributed by atoms with Crippen LogP contribution in [0.1, 0.15) is 30.3 Å². The predicted molar refractivity (Wildman–Crippen MR) is 77.3 cm³/mol. The minimum atomic E-state index is 0.468. The molecule has 0 bridgehead atoms. The van der Waals surface area contributed by atoms with E-state index in [0.29, 0.717) is 5.92 Å². The van der Waals surface area contributed by atoms with Gasteiger partial charge >= 0.3 is 0 Å². The second kappa shape index (κ2) is 4.98. The molecule has 0 unspecified atom stereocenters. The number of thiazole rings is 1. The SMILES string of the molecule is COc1ccc(C(C)C)cc1-c1nc(C)sc1N. The molecule has 0 aliphatic heterocycles. The van der Waals surface area contributed by atoms with E-state index in [-0.39, 0.29) is 0 Å². The van der Waals surface area contributed by atoms with Crippen molar-refractivity contribution in [3.8, 4) is 17.0 Å². The number of anilines is 1. The largest absolute Gasteiger partial charge is 0.496 e. The molecule has 18 heavy (non-hydrogen) atoms. The summed E-state index contributed by atoms with van der Waals surface area (Å²) < 4.78 is 5.41. The summed E-state index contributed by atoms with van der Waals surface area (Å²) in [6.07, 6.45) is 0. The van der Waals surface area contributed by atoms with Gasteiger partial charge in [-0.05, 0) is 30.5 Å². The normalized spacial score (nSPS) is 10.9. The molecular formula is C14H18N2OS. The van der Waals surface area contributed by atoms with E-state index >= 15 is 0 Å². The van der Waals surface area contributed by atoms with E-state index in [9.17, 15) is 0 Å². The molecule has 1 aromatic heterocycles. The van der Waals surface area contributed by atoms with Gasteiger partial charge in [-0.25, -0.2) is 4.98 Å². The molecule has 0 saturated carbocycles. The van der Waals surface area contributed by atoms with Crippen LogP contribution < -0.4 is 10.5 Å². The highest BCUT2D eigenvalue weighted by Crippen LogP contribution is 2.37. The summed E-state index contributed by atoms with van der Waals surface area (Å²) in [7, 11) is 1.67. The average Bonchev–Trinajstić information content (AvgIpc) is 2.67. The van der Waals surface area contributed by atoms with Crippen LogP contribution in [0.3, 0.4) is 0 Å². The lowest BCUT2D eigenvalue weighted by molar-refractivity contribution is 0.416. The molecule has 0 aliphatic rings. The van der Waals surface area contributed by atoms with Gasteiger partial charge in [-0.2, -0.15) is 0 Å². The first-order valence-electron chi connectivity index (χ1n) is 5.94. The molecule has 4 heteroatoms. The molecule has 2 rings (SSSR count). The van der Waals surface area contributed by atoms with Gasteiger partial charge in [-0.15, -0.1) is 11.3 Å². The fraction of sp³-hybridized carbons (Fsp3) is 0.357. The van der Waals surface area contributed by atoms with Crippen LogP contribution in [-0.4, -0.2) is 12.1 Å². The zero-order valence-corrected chi connectivity index (χ0v) is 12.0. The number of aromatic nitrogens is 1. The Hall–Kier alpha value is -1.55. The summed E-state index contributed by atoms with van der Waals surface area (Å²) in [6.45, 7) is 6.30. The third-order valence-corrected chi connectivity index (χ3v) is 3.71. The number of methoxy groups -OCH3 is 1. The molecule has 2 N–H and O–H groups in total. The number of hydrogen-bond acceptors (Lipinski definition) is 4. The highest BCUT2D eigenvalue weighted by molar-refractivity contribution is 7.16. The molecular weight excluding hydrogens is 244 g/mol. The van der Waals surface area contributed by atoms with Gasteiger partial charge in [-0.3, -0.25) is 0 Å². The topological polar surface area (TPSA) is 48.1 Å². The number of rotatable bonds is 3. The van der Waals surface area contributed by atoms with Crippen molar-refractivity contribution in [3.05, 3.63) is 28.8 Å². The van der Waals surface area contributed by atoms with Crippen molar-refractivity contribution < 1.29 is 4.74 Å². The smallest absolute Gasteiger partial charge is 0.128 e. The van der Waals surface area contributed by atoms with Gasteiger partial charge in [0.25, 0.3) is 0 Å². The lowest BCUT2D eigenvalue weighted by atomic mass is 9.99. The van der Waals surface area contributed by atoms with Crippen molar-refractivity contribution in [2.75, 3.05) is 12.8 Å². The molecule has 0 spiro atoms. The number of ether oxygens (including phenoxy) is 1. The quantitative estimate of drug-likeness (QED) is 0.914. The number of hydrogen-bond donors (Lipinski definition) is 1. The molecule has 96 valence electrons. The maximum atomic E-state index is 6.02. The lowest BCUT2D eigenvalue weighted by Gasteiger charge is -2.11. The summed E-state index contributed by atoms with van der Waals surface area (Å²) in [6, 6.07) is 6.19. The average molecular weight is 262 g/mol. The lowest BCUT2D eigenvalue weighted by Crippen LogP contribution is -1.94. The third-order valence-electron chi connectivity index (χ3n) is 2.91. The van der Waals surface area contributed by atoms with E-state index in [2.05, 4.69) is 31.0 Å². The third kappa shape index (κ3) is 2.34. The molecule has 0 atom stereocenters. The molecule has 0 amide bonds. The molecule has 1 aromatic carbocycles. The van der Waals surface area contributed by atoms with Crippen molar-refractivity contribution >= 4 is 16.3 Å². The van der Waals surface area contributed by atoms with Gasteiger partial charge in [0, 0.05) is 5.56 Å². The van der Waals surface area contributed by atoms with Crippen molar-refractivity contribution in [2.24, 2.45) is 0 Å². The van der Waals surface area contributed by atoms with E-state index in [1.165, 1.54) is 16.9 Å². The first kappa shape index (κ1) is 12.9. The molecule has 3 nitrogen and oxygen atoms in total. The maximum absolute atomic E-state index is 6.02. The summed E-state index contributed by atoms with van der Waals surface area (Å²) in [5.41, 5.74) is 9.09. The number of nitrogen functional groups attached to an aromatic ring is 1. The second-order valence-corrected chi connectivity index (χ2v) is 5.79. The van der Waals surface area contributed by atoms with Crippen LogP contribution in [0, 0.1) is 6.92 Å². The molecule has 0 aliphatic carbocycles. The van der Waals surface area contributed by atoms with Crippen LogP contribution in [0.5, 0.6) is 5.75 Å². The van der Waals surface area contributed by atoms with Crippen LogP contribution in [0.15, 0.2) is 18.2 Å². The van der Waals surface area contributed by atoms with Crippen LogP contribution in [0.25, 0.3) is 11.3 Å². The van der Waals surface area contributed by atoms with Crippen LogP contribution in [0.4, 0.5) is 5.00 Å². The molecule has 0 radical (unpaired) electrons. The molecule has 2 aromatic rings. The van der Waals surface area contributed by atoms with Crippen molar-refractivity contribution in [1.82, 2.24) is 4.98 Å². The standard InChI is InChI=1S/C14H18N2OS/c1-8(2)10-5-6-12(17-4)11(7-10)13-14(15)18-9(3)16-13/h5-8H,15H2,1-4H3. The van der Waals surface area contributed by atoms with E-state index in [4.69, 9.17) is 10.5 Å². The summed E-state index contributed by atoms with van der Waals surface area (Å²) in [5, 5.41) is 1.71. The van der Waals surface area contributed by atoms with E-state index < -0.39 is 0 Å². The Labute approximate surface area is 112 Å². The Morgan fingerprint density at radius 3 is 2.56 bits per heavy atom. The monoisotopic (exact) mass is 262 g/mol. The van der Waals surface area contributed by atoms with E-state index in [0.717, 1.165) is 27.0 Å². The number of aryl methyl sites for hydroxylation is 1. The minimum absolute atomic E-state index is 0.468. The van der Waals surface area contributed by atoms with Gasteiger partial charge in [0.1, 0.15) is 16.4 Å². The highest BCUT2D eigenvalue weighted by Gasteiger charge is 2.15. The Morgan fingerprint density at radius 2 is 2.06 bits per heavy atom. The fourth-order valence-corrected chi connectivity index (χ4v) is 2.61. The first-order chi connectivity index (χ1) is 8.52. The number of nitrogens with two attached hydrogens (primary N) is 1.